The summed E-state index contributed by atoms with van der Waals surface area (Å²) < 4.78 is 16.3. The molecule has 1 aromatic carbocycles. The summed E-state index contributed by atoms with van der Waals surface area (Å²) in [5.41, 5.74) is 2.84. The van der Waals surface area contributed by atoms with Crippen LogP contribution in [0.5, 0.6) is 0 Å². The molecule has 0 atom stereocenters. The highest BCUT2D eigenvalue weighted by atomic mass is 19.1. The molecule has 3 aromatic rings. The SMILES string of the molecule is CCn1nc(C)cc1C(=O)Nc1cnn(Cc2ccc(F)cc2)c1. The van der Waals surface area contributed by atoms with Gasteiger partial charge in [0.1, 0.15) is 11.5 Å². The van der Waals surface area contributed by atoms with Gasteiger partial charge in [0.2, 0.25) is 0 Å². The van der Waals surface area contributed by atoms with Crippen LogP contribution in [-0.2, 0) is 13.1 Å². The van der Waals surface area contributed by atoms with Crippen LogP contribution >= 0.6 is 0 Å². The molecule has 7 heteroatoms. The van der Waals surface area contributed by atoms with E-state index in [1.165, 1.54) is 12.1 Å². The number of hydrogen-bond acceptors (Lipinski definition) is 3. The molecular formula is C17H18FN5O. The van der Waals surface area contributed by atoms with E-state index in [-0.39, 0.29) is 11.7 Å². The van der Waals surface area contributed by atoms with Crippen LogP contribution in [0.3, 0.4) is 0 Å². The van der Waals surface area contributed by atoms with Crippen molar-refractivity contribution < 1.29 is 9.18 Å². The number of hydrogen-bond donors (Lipinski definition) is 1. The van der Waals surface area contributed by atoms with Gasteiger partial charge in [-0.1, -0.05) is 12.1 Å². The van der Waals surface area contributed by atoms with Gasteiger partial charge in [-0.25, -0.2) is 4.39 Å². The van der Waals surface area contributed by atoms with Crippen LogP contribution in [0.25, 0.3) is 0 Å². The molecule has 2 heterocycles. The number of carbonyl (C=O) groups excluding carboxylic acids is 1. The van der Waals surface area contributed by atoms with Crippen LogP contribution in [0.2, 0.25) is 0 Å². The zero-order valence-electron chi connectivity index (χ0n) is 13.5. The third kappa shape index (κ3) is 3.51. The summed E-state index contributed by atoms with van der Waals surface area (Å²) in [7, 11) is 0. The van der Waals surface area contributed by atoms with Gasteiger partial charge in [0.25, 0.3) is 5.91 Å². The molecule has 1 N–H and O–H groups in total. The summed E-state index contributed by atoms with van der Waals surface area (Å²) in [6.45, 7) is 4.91. The van der Waals surface area contributed by atoms with Crippen molar-refractivity contribution in [2.24, 2.45) is 0 Å². The molecule has 3 rings (SSSR count). The Hall–Kier alpha value is -2.96. The van der Waals surface area contributed by atoms with Crippen LogP contribution in [0.1, 0.15) is 28.7 Å². The van der Waals surface area contributed by atoms with E-state index >= 15 is 0 Å². The third-order valence-electron chi connectivity index (χ3n) is 3.58. The molecule has 0 bridgehead atoms. The van der Waals surface area contributed by atoms with E-state index in [4.69, 9.17) is 0 Å². The van der Waals surface area contributed by atoms with Crippen LogP contribution in [0.4, 0.5) is 10.1 Å². The summed E-state index contributed by atoms with van der Waals surface area (Å²) in [6, 6.07) is 7.99. The number of amides is 1. The molecular weight excluding hydrogens is 309 g/mol. The number of halogens is 1. The molecule has 0 fully saturated rings. The summed E-state index contributed by atoms with van der Waals surface area (Å²) in [6.07, 6.45) is 3.32. The first-order valence-electron chi connectivity index (χ1n) is 7.68. The number of carbonyl (C=O) groups is 1. The number of aryl methyl sites for hydroxylation is 2. The minimum Gasteiger partial charge on any atom is -0.318 e. The first-order chi connectivity index (χ1) is 11.5. The van der Waals surface area contributed by atoms with Gasteiger partial charge >= 0.3 is 0 Å². The molecule has 0 aliphatic carbocycles. The van der Waals surface area contributed by atoms with Gasteiger partial charge in [-0.2, -0.15) is 10.2 Å². The van der Waals surface area contributed by atoms with Crippen molar-refractivity contribution in [3.63, 3.8) is 0 Å². The maximum atomic E-state index is 12.9. The molecule has 1 amide bonds. The molecule has 24 heavy (non-hydrogen) atoms. The van der Waals surface area contributed by atoms with Gasteiger partial charge < -0.3 is 5.32 Å². The summed E-state index contributed by atoms with van der Waals surface area (Å²) in [5, 5.41) is 11.3. The molecule has 0 aliphatic rings. The lowest BCUT2D eigenvalue weighted by molar-refractivity contribution is 0.101. The third-order valence-corrected chi connectivity index (χ3v) is 3.58. The van der Waals surface area contributed by atoms with Crippen LogP contribution in [0, 0.1) is 12.7 Å². The van der Waals surface area contributed by atoms with Gasteiger partial charge in [0, 0.05) is 12.7 Å². The fourth-order valence-corrected chi connectivity index (χ4v) is 2.46. The number of anilines is 1. The predicted octanol–water partition coefficient (Wildman–Crippen LogP) is 2.85. The van der Waals surface area contributed by atoms with Crippen LogP contribution in [0.15, 0.2) is 42.7 Å². The Kier molecular flexibility index (Phi) is 4.41. The Bertz CT molecular complexity index is 850. The largest absolute Gasteiger partial charge is 0.318 e. The molecule has 124 valence electrons. The average Bonchev–Trinajstić information content (AvgIpc) is 3.15. The van der Waals surface area contributed by atoms with Gasteiger partial charge in [0.05, 0.1) is 24.1 Å². The molecule has 2 aromatic heterocycles. The summed E-state index contributed by atoms with van der Waals surface area (Å²) in [5.74, 6) is -0.492. The number of rotatable bonds is 5. The lowest BCUT2D eigenvalue weighted by Gasteiger charge is -2.04. The Morgan fingerprint density at radius 1 is 1.29 bits per heavy atom. The van der Waals surface area contributed by atoms with Crippen molar-refractivity contribution >= 4 is 11.6 Å². The quantitative estimate of drug-likeness (QED) is 0.784. The minimum absolute atomic E-state index is 0.223. The topological polar surface area (TPSA) is 64.7 Å². The Labute approximate surface area is 138 Å². The van der Waals surface area contributed by atoms with Crippen molar-refractivity contribution in [1.82, 2.24) is 19.6 Å². The Morgan fingerprint density at radius 2 is 2.04 bits per heavy atom. The number of benzene rings is 1. The molecule has 0 aliphatic heterocycles. The van der Waals surface area contributed by atoms with E-state index in [9.17, 15) is 9.18 Å². The lowest BCUT2D eigenvalue weighted by Crippen LogP contribution is -2.17. The molecule has 0 unspecified atom stereocenters. The molecule has 0 spiro atoms. The van der Waals surface area contributed by atoms with Gasteiger partial charge in [-0.05, 0) is 37.6 Å². The summed E-state index contributed by atoms with van der Waals surface area (Å²) in [4.78, 5) is 12.4. The molecule has 0 saturated carbocycles. The smallest absolute Gasteiger partial charge is 0.274 e. The van der Waals surface area contributed by atoms with E-state index < -0.39 is 0 Å². The second kappa shape index (κ2) is 6.66. The Balaban J connectivity index is 1.69. The zero-order chi connectivity index (χ0) is 17.1. The van der Waals surface area contributed by atoms with Gasteiger partial charge in [0.15, 0.2) is 0 Å². The molecule has 0 saturated heterocycles. The zero-order valence-corrected chi connectivity index (χ0v) is 13.5. The first kappa shape index (κ1) is 15.9. The molecule has 0 radical (unpaired) electrons. The van der Waals surface area contributed by atoms with Crippen molar-refractivity contribution in [3.8, 4) is 0 Å². The number of nitrogens with one attached hydrogen (secondary N) is 1. The van der Waals surface area contributed by atoms with E-state index in [0.717, 1.165) is 11.3 Å². The highest BCUT2D eigenvalue weighted by molar-refractivity contribution is 6.03. The van der Waals surface area contributed by atoms with E-state index in [0.29, 0.717) is 24.5 Å². The highest BCUT2D eigenvalue weighted by Crippen LogP contribution is 2.12. The highest BCUT2D eigenvalue weighted by Gasteiger charge is 2.14. The van der Waals surface area contributed by atoms with Gasteiger partial charge in [-0.3, -0.25) is 14.2 Å². The van der Waals surface area contributed by atoms with E-state index in [2.05, 4.69) is 15.5 Å². The van der Waals surface area contributed by atoms with Gasteiger partial charge in [-0.15, -0.1) is 0 Å². The van der Waals surface area contributed by atoms with E-state index in [1.54, 1.807) is 40.0 Å². The average molecular weight is 327 g/mol. The maximum absolute atomic E-state index is 12.9. The van der Waals surface area contributed by atoms with Crippen LogP contribution < -0.4 is 5.32 Å². The monoisotopic (exact) mass is 327 g/mol. The standard InChI is InChI=1S/C17H18FN5O/c1-3-23-16(8-12(2)21-23)17(24)20-15-9-19-22(11-15)10-13-4-6-14(18)7-5-13/h4-9,11H,3,10H2,1-2H3,(H,20,24). The van der Waals surface area contributed by atoms with Crippen molar-refractivity contribution in [3.05, 3.63) is 65.5 Å². The van der Waals surface area contributed by atoms with Crippen molar-refractivity contribution in [1.29, 1.82) is 0 Å². The normalized spacial score (nSPS) is 10.8. The summed E-state index contributed by atoms with van der Waals surface area (Å²) >= 11 is 0. The fraction of sp³-hybridized carbons (Fsp3) is 0.235. The second-order valence-electron chi connectivity index (χ2n) is 5.49. The first-order valence-corrected chi connectivity index (χ1v) is 7.68. The number of aromatic nitrogens is 4. The minimum atomic E-state index is -0.269. The lowest BCUT2D eigenvalue weighted by atomic mass is 10.2. The second-order valence-corrected chi connectivity index (χ2v) is 5.49. The maximum Gasteiger partial charge on any atom is 0.274 e. The van der Waals surface area contributed by atoms with E-state index in [1.807, 2.05) is 13.8 Å². The van der Waals surface area contributed by atoms with Crippen molar-refractivity contribution in [2.45, 2.75) is 26.9 Å². The fourth-order valence-electron chi connectivity index (χ4n) is 2.46. The Morgan fingerprint density at radius 3 is 2.75 bits per heavy atom. The molecule has 6 nitrogen and oxygen atoms in total. The van der Waals surface area contributed by atoms with Crippen LogP contribution in [-0.4, -0.2) is 25.5 Å². The predicted molar refractivity (Wildman–Crippen MR) is 88.3 cm³/mol. The van der Waals surface area contributed by atoms with Crippen molar-refractivity contribution in [2.75, 3.05) is 5.32 Å². The number of nitrogens with zero attached hydrogens (tertiary/aromatic N) is 4.